The summed E-state index contributed by atoms with van der Waals surface area (Å²) in [5.74, 6) is 0. The van der Waals surface area contributed by atoms with Crippen LogP contribution in [0.5, 0.6) is 0 Å². The fourth-order valence-corrected chi connectivity index (χ4v) is 1.96. The Kier molecular flexibility index (Phi) is 2.69. The average molecular weight is 229 g/mol. The van der Waals surface area contributed by atoms with Crippen molar-refractivity contribution in [2.75, 3.05) is 5.73 Å². The molecule has 3 heteroatoms. The van der Waals surface area contributed by atoms with Gasteiger partial charge >= 0.3 is 0 Å². The zero-order chi connectivity index (χ0) is 12.6. The van der Waals surface area contributed by atoms with Gasteiger partial charge in [0, 0.05) is 24.5 Å². The lowest BCUT2D eigenvalue weighted by Crippen LogP contribution is -2.13. The Morgan fingerprint density at radius 2 is 1.88 bits per heavy atom. The minimum Gasteiger partial charge on any atom is -0.398 e. The molecule has 0 unspecified atom stereocenters. The van der Waals surface area contributed by atoms with Gasteiger partial charge in [0.05, 0.1) is 6.20 Å². The predicted octanol–water partition coefficient (Wildman–Crippen LogP) is 2.97. The zero-order valence-electron chi connectivity index (χ0n) is 10.9. The molecule has 0 amide bonds. The van der Waals surface area contributed by atoms with E-state index in [0.29, 0.717) is 0 Å². The topological polar surface area (TPSA) is 43.8 Å². The molecular weight excluding hydrogens is 210 g/mol. The molecule has 0 radical (unpaired) electrons. The lowest BCUT2D eigenvalue weighted by Gasteiger charge is -2.22. The molecule has 2 N–H and O–H groups in total. The van der Waals surface area contributed by atoms with Gasteiger partial charge in [-0.2, -0.15) is 5.10 Å². The summed E-state index contributed by atoms with van der Waals surface area (Å²) in [6.45, 7) is 6.52. The number of rotatable bonds is 1. The molecule has 0 saturated heterocycles. The monoisotopic (exact) mass is 229 g/mol. The van der Waals surface area contributed by atoms with Gasteiger partial charge in [0.1, 0.15) is 0 Å². The van der Waals surface area contributed by atoms with Crippen LogP contribution in [-0.4, -0.2) is 9.78 Å². The normalized spacial score (nSPS) is 11.8. The third kappa shape index (κ3) is 2.33. The largest absolute Gasteiger partial charge is 0.398 e. The van der Waals surface area contributed by atoms with Crippen LogP contribution in [0, 0.1) is 0 Å². The van der Waals surface area contributed by atoms with Gasteiger partial charge in [-0.15, -0.1) is 0 Å². The highest BCUT2D eigenvalue weighted by Gasteiger charge is 2.17. The minimum atomic E-state index is 0.0578. The zero-order valence-corrected chi connectivity index (χ0v) is 10.9. The average Bonchev–Trinajstić information content (AvgIpc) is 2.64. The second-order valence-corrected chi connectivity index (χ2v) is 5.45. The van der Waals surface area contributed by atoms with E-state index in [9.17, 15) is 0 Å². The van der Waals surface area contributed by atoms with Crippen LogP contribution in [0.3, 0.4) is 0 Å². The van der Waals surface area contributed by atoms with Crippen molar-refractivity contribution in [3.63, 3.8) is 0 Å². The van der Waals surface area contributed by atoms with Crippen LogP contribution in [0.2, 0.25) is 0 Å². The summed E-state index contributed by atoms with van der Waals surface area (Å²) in [4.78, 5) is 0. The fourth-order valence-electron chi connectivity index (χ4n) is 1.96. The van der Waals surface area contributed by atoms with E-state index in [-0.39, 0.29) is 5.41 Å². The second-order valence-electron chi connectivity index (χ2n) is 5.45. The SMILES string of the molecule is Cn1cc(-c2ccc(N)c(C(C)(C)C)c2)cn1. The first-order chi connectivity index (χ1) is 7.88. The van der Waals surface area contributed by atoms with Crippen LogP contribution in [0.1, 0.15) is 26.3 Å². The Hall–Kier alpha value is -1.77. The first-order valence-electron chi connectivity index (χ1n) is 5.77. The Labute approximate surface area is 102 Å². The number of aryl methyl sites for hydroxylation is 1. The lowest BCUT2D eigenvalue weighted by atomic mass is 9.84. The summed E-state index contributed by atoms with van der Waals surface area (Å²) in [5, 5.41) is 4.19. The van der Waals surface area contributed by atoms with Crippen molar-refractivity contribution in [1.82, 2.24) is 9.78 Å². The van der Waals surface area contributed by atoms with Crippen LogP contribution in [0.15, 0.2) is 30.6 Å². The van der Waals surface area contributed by atoms with Crippen LogP contribution in [0.25, 0.3) is 11.1 Å². The van der Waals surface area contributed by atoms with E-state index in [0.717, 1.165) is 16.8 Å². The predicted molar refractivity (Wildman–Crippen MR) is 71.8 cm³/mol. The van der Waals surface area contributed by atoms with Crippen molar-refractivity contribution in [3.8, 4) is 11.1 Å². The quantitative estimate of drug-likeness (QED) is 0.764. The molecule has 0 aliphatic heterocycles. The maximum atomic E-state index is 6.04. The molecule has 0 spiro atoms. The van der Waals surface area contributed by atoms with Crippen LogP contribution in [-0.2, 0) is 12.5 Å². The Bertz CT molecular complexity index is 533. The number of anilines is 1. The number of hydrogen-bond acceptors (Lipinski definition) is 2. The summed E-state index contributed by atoms with van der Waals surface area (Å²) in [7, 11) is 1.92. The number of nitrogens with zero attached hydrogens (tertiary/aromatic N) is 2. The third-order valence-corrected chi connectivity index (χ3v) is 2.90. The van der Waals surface area contributed by atoms with Gasteiger partial charge in [-0.05, 0) is 28.7 Å². The number of nitrogen functional groups attached to an aromatic ring is 1. The maximum absolute atomic E-state index is 6.04. The van der Waals surface area contributed by atoms with Crippen LogP contribution in [0.4, 0.5) is 5.69 Å². The van der Waals surface area contributed by atoms with E-state index in [1.807, 2.05) is 36.3 Å². The van der Waals surface area contributed by atoms with Crippen molar-refractivity contribution < 1.29 is 0 Å². The van der Waals surface area contributed by atoms with E-state index < -0.39 is 0 Å². The Morgan fingerprint density at radius 3 is 2.41 bits per heavy atom. The highest BCUT2D eigenvalue weighted by atomic mass is 15.2. The van der Waals surface area contributed by atoms with Crippen molar-refractivity contribution in [3.05, 3.63) is 36.2 Å². The number of benzene rings is 1. The van der Waals surface area contributed by atoms with Crippen molar-refractivity contribution in [2.24, 2.45) is 7.05 Å². The summed E-state index contributed by atoms with van der Waals surface area (Å²) in [5.41, 5.74) is 10.4. The van der Waals surface area contributed by atoms with Gasteiger partial charge in [0.2, 0.25) is 0 Å². The van der Waals surface area contributed by atoms with Gasteiger partial charge in [-0.1, -0.05) is 26.8 Å². The summed E-state index contributed by atoms with van der Waals surface area (Å²) >= 11 is 0. The number of hydrogen-bond donors (Lipinski definition) is 1. The van der Waals surface area contributed by atoms with Gasteiger partial charge < -0.3 is 5.73 Å². The standard InChI is InChI=1S/C14H19N3/c1-14(2,3)12-7-10(5-6-13(12)15)11-8-16-17(4)9-11/h5-9H,15H2,1-4H3. The van der Waals surface area contributed by atoms with Crippen molar-refractivity contribution >= 4 is 5.69 Å². The highest BCUT2D eigenvalue weighted by Crippen LogP contribution is 2.31. The molecule has 90 valence electrons. The van der Waals surface area contributed by atoms with Gasteiger partial charge in [-0.3, -0.25) is 4.68 Å². The molecule has 2 aromatic rings. The first kappa shape index (κ1) is 11.7. The fraction of sp³-hybridized carbons (Fsp3) is 0.357. The second kappa shape index (κ2) is 3.91. The van der Waals surface area contributed by atoms with E-state index in [2.05, 4.69) is 31.9 Å². The minimum absolute atomic E-state index is 0.0578. The van der Waals surface area contributed by atoms with E-state index in [1.165, 1.54) is 5.56 Å². The molecule has 1 aromatic carbocycles. The molecule has 2 rings (SSSR count). The molecule has 1 heterocycles. The molecule has 3 nitrogen and oxygen atoms in total. The molecule has 0 aliphatic rings. The summed E-state index contributed by atoms with van der Waals surface area (Å²) < 4.78 is 1.81. The molecule has 17 heavy (non-hydrogen) atoms. The number of aromatic nitrogens is 2. The molecule has 0 aliphatic carbocycles. The Balaban J connectivity index is 2.51. The summed E-state index contributed by atoms with van der Waals surface area (Å²) in [6.07, 6.45) is 3.88. The van der Waals surface area contributed by atoms with E-state index >= 15 is 0 Å². The molecule has 0 atom stereocenters. The van der Waals surface area contributed by atoms with Gasteiger partial charge in [-0.25, -0.2) is 0 Å². The molecule has 0 bridgehead atoms. The van der Waals surface area contributed by atoms with Gasteiger partial charge in [0.15, 0.2) is 0 Å². The van der Waals surface area contributed by atoms with Crippen molar-refractivity contribution in [1.29, 1.82) is 0 Å². The number of nitrogens with two attached hydrogens (primary N) is 1. The first-order valence-corrected chi connectivity index (χ1v) is 5.77. The Morgan fingerprint density at radius 1 is 1.18 bits per heavy atom. The van der Waals surface area contributed by atoms with Crippen LogP contribution >= 0.6 is 0 Å². The molecule has 0 saturated carbocycles. The smallest absolute Gasteiger partial charge is 0.0568 e. The maximum Gasteiger partial charge on any atom is 0.0568 e. The summed E-state index contributed by atoms with van der Waals surface area (Å²) in [6, 6.07) is 6.18. The molecule has 0 fully saturated rings. The van der Waals surface area contributed by atoms with Crippen LogP contribution < -0.4 is 5.73 Å². The van der Waals surface area contributed by atoms with E-state index in [1.54, 1.807) is 0 Å². The highest BCUT2D eigenvalue weighted by molar-refractivity contribution is 5.67. The lowest BCUT2D eigenvalue weighted by molar-refractivity contribution is 0.593. The van der Waals surface area contributed by atoms with E-state index in [4.69, 9.17) is 5.73 Å². The molecular formula is C14H19N3. The molecule has 1 aromatic heterocycles. The third-order valence-electron chi connectivity index (χ3n) is 2.90. The van der Waals surface area contributed by atoms with Crippen molar-refractivity contribution in [2.45, 2.75) is 26.2 Å². The van der Waals surface area contributed by atoms with Gasteiger partial charge in [0.25, 0.3) is 0 Å².